The van der Waals surface area contributed by atoms with E-state index in [9.17, 15) is 9.18 Å². The number of amides is 1. The van der Waals surface area contributed by atoms with Crippen LogP contribution in [-0.2, 0) is 0 Å². The molecule has 0 aliphatic heterocycles. The monoisotopic (exact) mass is 352 g/mol. The van der Waals surface area contributed by atoms with E-state index in [-0.39, 0.29) is 17.5 Å². The maximum absolute atomic E-state index is 13.3. The van der Waals surface area contributed by atoms with Crippen molar-refractivity contribution in [3.05, 3.63) is 65.2 Å². The van der Waals surface area contributed by atoms with Gasteiger partial charge < -0.3 is 5.32 Å². The number of halogens is 1. The maximum Gasteiger partial charge on any atom is 0.290 e. The molecule has 2 aromatic carbocycles. The summed E-state index contributed by atoms with van der Waals surface area (Å²) in [5, 5.41) is 7.19. The molecule has 1 N–H and O–H groups in total. The minimum Gasteiger partial charge on any atom is -0.349 e. The Labute approximate surface area is 151 Å². The summed E-state index contributed by atoms with van der Waals surface area (Å²) in [6.45, 7) is 6.58. The molecule has 3 rings (SSSR count). The van der Waals surface area contributed by atoms with Crippen molar-refractivity contribution in [1.29, 1.82) is 0 Å². The van der Waals surface area contributed by atoms with Gasteiger partial charge in [-0.2, -0.15) is 0 Å². The van der Waals surface area contributed by atoms with Crippen molar-refractivity contribution in [3.63, 3.8) is 0 Å². The van der Waals surface area contributed by atoms with E-state index in [4.69, 9.17) is 0 Å². The van der Waals surface area contributed by atoms with Crippen LogP contribution in [0.5, 0.6) is 0 Å². The van der Waals surface area contributed by atoms with Gasteiger partial charge in [-0.3, -0.25) is 4.79 Å². The first kappa shape index (κ1) is 17.8. The van der Waals surface area contributed by atoms with Gasteiger partial charge in [-0.1, -0.05) is 13.0 Å². The molecule has 0 saturated heterocycles. The standard InChI is InChI=1S/C20H21FN4O/c1-4-11-22-20(26)18-23-19(15-6-8-16(21)9-7-15)25(24-18)17-10-5-13(2)14(3)12-17/h5-10,12H,4,11H2,1-3H3,(H,22,26). The van der Waals surface area contributed by atoms with Crippen molar-refractivity contribution >= 4 is 5.91 Å². The molecule has 0 spiro atoms. The Morgan fingerprint density at radius 3 is 2.50 bits per heavy atom. The molecule has 0 unspecified atom stereocenters. The molecule has 0 atom stereocenters. The number of rotatable bonds is 5. The molecule has 26 heavy (non-hydrogen) atoms. The van der Waals surface area contributed by atoms with Crippen LogP contribution >= 0.6 is 0 Å². The molecule has 1 amide bonds. The first-order valence-corrected chi connectivity index (χ1v) is 8.58. The molecule has 5 nitrogen and oxygen atoms in total. The van der Waals surface area contributed by atoms with Crippen LogP contribution in [0.3, 0.4) is 0 Å². The van der Waals surface area contributed by atoms with Gasteiger partial charge in [-0.25, -0.2) is 14.1 Å². The number of aromatic nitrogens is 3. The van der Waals surface area contributed by atoms with Crippen LogP contribution in [0.1, 0.15) is 35.1 Å². The van der Waals surface area contributed by atoms with E-state index in [1.807, 2.05) is 39.0 Å². The second kappa shape index (κ2) is 7.47. The van der Waals surface area contributed by atoms with Gasteiger partial charge in [-0.15, -0.1) is 5.10 Å². The van der Waals surface area contributed by atoms with Crippen molar-refractivity contribution in [3.8, 4) is 17.1 Å². The summed E-state index contributed by atoms with van der Waals surface area (Å²) in [5.41, 5.74) is 3.76. The zero-order chi connectivity index (χ0) is 18.7. The van der Waals surface area contributed by atoms with Crippen molar-refractivity contribution in [2.75, 3.05) is 6.54 Å². The van der Waals surface area contributed by atoms with Crippen LogP contribution < -0.4 is 5.32 Å². The fraction of sp³-hybridized carbons (Fsp3) is 0.250. The molecule has 1 heterocycles. The lowest BCUT2D eigenvalue weighted by atomic mass is 10.1. The Kier molecular flexibility index (Phi) is 5.11. The summed E-state index contributed by atoms with van der Waals surface area (Å²) < 4.78 is 14.9. The lowest BCUT2D eigenvalue weighted by molar-refractivity contribution is 0.0943. The molecule has 0 aliphatic rings. The number of benzene rings is 2. The number of hydrogen-bond acceptors (Lipinski definition) is 3. The van der Waals surface area contributed by atoms with E-state index in [2.05, 4.69) is 15.4 Å². The van der Waals surface area contributed by atoms with E-state index in [0.29, 0.717) is 17.9 Å². The first-order chi connectivity index (χ1) is 12.5. The number of nitrogens with one attached hydrogen (secondary N) is 1. The van der Waals surface area contributed by atoms with Crippen molar-refractivity contribution in [2.24, 2.45) is 0 Å². The number of carbonyl (C=O) groups excluding carboxylic acids is 1. The van der Waals surface area contributed by atoms with Crippen molar-refractivity contribution < 1.29 is 9.18 Å². The molecule has 0 aliphatic carbocycles. The van der Waals surface area contributed by atoms with Crippen LogP contribution in [0.4, 0.5) is 4.39 Å². The minimum absolute atomic E-state index is 0.0935. The van der Waals surface area contributed by atoms with Crippen LogP contribution in [0, 0.1) is 19.7 Å². The van der Waals surface area contributed by atoms with Crippen LogP contribution in [0.25, 0.3) is 17.1 Å². The number of nitrogens with zero attached hydrogens (tertiary/aromatic N) is 3. The average molecular weight is 352 g/mol. The van der Waals surface area contributed by atoms with Gasteiger partial charge in [0.25, 0.3) is 5.91 Å². The smallest absolute Gasteiger partial charge is 0.290 e. The van der Waals surface area contributed by atoms with Crippen LogP contribution in [-0.4, -0.2) is 27.2 Å². The van der Waals surface area contributed by atoms with Gasteiger partial charge in [0.15, 0.2) is 5.82 Å². The van der Waals surface area contributed by atoms with Gasteiger partial charge in [0.1, 0.15) is 5.82 Å². The molecule has 6 heteroatoms. The quantitative estimate of drug-likeness (QED) is 0.759. The van der Waals surface area contributed by atoms with Gasteiger partial charge >= 0.3 is 0 Å². The summed E-state index contributed by atoms with van der Waals surface area (Å²) >= 11 is 0. The first-order valence-electron chi connectivity index (χ1n) is 8.58. The summed E-state index contributed by atoms with van der Waals surface area (Å²) in [4.78, 5) is 16.7. The largest absolute Gasteiger partial charge is 0.349 e. The lowest BCUT2D eigenvalue weighted by Crippen LogP contribution is -2.25. The molecule has 0 bridgehead atoms. The highest BCUT2D eigenvalue weighted by Crippen LogP contribution is 2.23. The predicted octanol–water partition coefficient (Wildman–Crippen LogP) is 3.83. The van der Waals surface area contributed by atoms with Gasteiger partial charge in [0, 0.05) is 12.1 Å². The third-order valence-corrected chi connectivity index (χ3v) is 4.18. The van der Waals surface area contributed by atoms with E-state index in [0.717, 1.165) is 23.2 Å². The lowest BCUT2D eigenvalue weighted by Gasteiger charge is -2.08. The highest BCUT2D eigenvalue weighted by Gasteiger charge is 2.18. The van der Waals surface area contributed by atoms with E-state index in [1.165, 1.54) is 12.1 Å². The normalized spacial score (nSPS) is 10.8. The molecule has 0 radical (unpaired) electrons. The second-order valence-corrected chi connectivity index (χ2v) is 6.20. The van der Waals surface area contributed by atoms with E-state index < -0.39 is 0 Å². The molecular formula is C20H21FN4O. The third-order valence-electron chi connectivity index (χ3n) is 4.18. The Bertz CT molecular complexity index is 931. The molecular weight excluding hydrogens is 331 g/mol. The summed E-state index contributed by atoms with van der Waals surface area (Å²) in [6.07, 6.45) is 0.828. The zero-order valence-corrected chi connectivity index (χ0v) is 15.1. The third kappa shape index (κ3) is 3.64. The number of carbonyl (C=O) groups is 1. The second-order valence-electron chi connectivity index (χ2n) is 6.20. The van der Waals surface area contributed by atoms with Gasteiger partial charge in [0.2, 0.25) is 5.82 Å². The summed E-state index contributed by atoms with van der Waals surface area (Å²) in [7, 11) is 0. The fourth-order valence-electron chi connectivity index (χ4n) is 2.55. The fourth-order valence-corrected chi connectivity index (χ4v) is 2.55. The Morgan fingerprint density at radius 2 is 1.85 bits per heavy atom. The average Bonchev–Trinajstić information content (AvgIpc) is 3.08. The Morgan fingerprint density at radius 1 is 1.12 bits per heavy atom. The van der Waals surface area contributed by atoms with Crippen molar-refractivity contribution in [1.82, 2.24) is 20.1 Å². The molecule has 0 fully saturated rings. The minimum atomic E-state index is -0.327. The topological polar surface area (TPSA) is 59.8 Å². The predicted molar refractivity (Wildman–Crippen MR) is 98.9 cm³/mol. The summed E-state index contributed by atoms with van der Waals surface area (Å²) in [5.74, 6) is -0.0596. The van der Waals surface area contributed by atoms with Crippen LogP contribution in [0.15, 0.2) is 42.5 Å². The summed E-state index contributed by atoms with van der Waals surface area (Å²) in [6, 6.07) is 11.9. The SMILES string of the molecule is CCCNC(=O)c1nc(-c2ccc(F)cc2)n(-c2ccc(C)c(C)c2)n1. The molecule has 3 aromatic rings. The van der Waals surface area contributed by atoms with E-state index in [1.54, 1.807) is 16.8 Å². The number of aryl methyl sites for hydroxylation is 2. The van der Waals surface area contributed by atoms with Crippen LogP contribution in [0.2, 0.25) is 0 Å². The Balaban J connectivity index is 2.10. The number of hydrogen-bond donors (Lipinski definition) is 1. The van der Waals surface area contributed by atoms with Gasteiger partial charge in [-0.05, 0) is 67.8 Å². The van der Waals surface area contributed by atoms with Crippen molar-refractivity contribution in [2.45, 2.75) is 27.2 Å². The van der Waals surface area contributed by atoms with Gasteiger partial charge in [0.05, 0.1) is 5.69 Å². The molecule has 1 aromatic heterocycles. The molecule has 0 saturated carbocycles. The zero-order valence-electron chi connectivity index (χ0n) is 15.1. The Hall–Kier alpha value is -3.02. The maximum atomic E-state index is 13.3. The highest BCUT2D eigenvalue weighted by molar-refractivity contribution is 5.91. The highest BCUT2D eigenvalue weighted by atomic mass is 19.1. The molecule has 134 valence electrons. The van der Waals surface area contributed by atoms with E-state index >= 15 is 0 Å².